The van der Waals surface area contributed by atoms with Gasteiger partial charge in [0, 0.05) is 16.2 Å². The van der Waals surface area contributed by atoms with Gasteiger partial charge in [0.15, 0.2) is 0 Å². The van der Waals surface area contributed by atoms with Crippen molar-refractivity contribution >= 4 is 29.6 Å². The van der Waals surface area contributed by atoms with Crippen LogP contribution >= 0.6 is 10.7 Å². The minimum absolute atomic E-state index is 0.0144. The minimum atomic E-state index is -3.90. The molecule has 0 fully saturated rings. The minimum Gasteiger partial charge on any atom is -0.218 e. The van der Waals surface area contributed by atoms with Crippen molar-refractivity contribution in [1.82, 2.24) is 0 Å². The third kappa shape index (κ3) is 2.66. The van der Waals surface area contributed by atoms with E-state index in [1.165, 1.54) is 24.3 Å². The Bertz CT molecular complexity index is 1190. The van der Waals surface area contributed by atoms with Crippen LogP contribution in [-0.2, 0) is 18.9 Å². The SMILES string of the molecule is O=S(=O)(Cl)c1ccc(S(=O)(=O)c2ccc3cc2-c2ccc-3cc2)cc1. The fourth-order valence-corrected chi connectivity index (χ4v) is 5.15. The summed E-state index contributed by atoms with van der Waals surface area (Å²) >= 11 is 0. The van der Waals surface area contributed by atoms with E-state index in [2.05, 4.69) is 0 Å². The molecular weight excluding hydrogens is 380 g/mol. The highest BCUT2D eigenvalue weighted by Crippen LogP contribution is 2.38. The number of fused-ring (bicyclic) bond motifs is 2. The second kappa shape index (κ2) is 5.42. The Balaban J connectivity index is 1.88. The number of rotatable bonds is 3. The number of hydrogen-bond donors (Lipinski definition) is 0. The van der Waals surface area contributed by atoms with Gasteiger partial charge < -0.3 is 0 Å². The first-order chi connectivity index (χ1) is 11.8. The Kier molecular flexibility index (Phi) is 3.54. The van der Waals surface area contributed by atoms with E-state index < -0.39 is 18.9 Å². The Labute approximate surface area is 150 Å². The van der Waals surface area contributed by atoms with E-state index in [0.29, 0.717) is 5.56 Å². The highest BCUT2D eigenvalue weighted by atomic mass is 35.7. The van der Waals surface area contributed by atoms with E-state index in [9.17, 15) is 16.8 Å². The van der Waals surface area contributed by atoms with Crippen LogP contribution in [0.1, 0.15) is 0 Å². The van der Waals surface area contributed by atoms with Gasteiger partial charge in [0.05, 0.1) is 14.7 Å². The van der Waals surface area contributed by atoms with Crippen LogP contribution in [0.3, 0.4) is 0 Å². The lowest BCUT2D eigenvalue weighted by molar-refractivity contribution is 0.595. The smallest absolute Gasteiger partial charge is 0.218 e. The number of sulfone groups is 1. The summed E-state index contributed by atoms with van der Waals surface area (Å²) in [6.45, 7) is 0. The van der Waals surface area contributed by atoms with Gasteiger partial charge in [0.1, 0.15) is 0 Å². The van der Waals surface area contributed by atoms with Crippen molar-refractivity contribution in [2.75, 3.05) is 0 Å². The van der Waals surface area contributed by atoms with Gasteiger partial charge in [-0.15, -0.1) is 0 Å². The summed E-state index contributed by atoms with van der Waals surface area (Å²) in [6.07, 6.45) is 0. The first kappa shape index (κ1) is 16.3. The standard InChI is InChI=1S/C18H11ClO4S2/c19-25(22,23)16-8-6-15(7-9-16)24(20,21)18-10-5-14-11-17(18)13-3-1-12(14)2-4-13/h1-11H. The molecule has 0 amide bonds. The van der Waals surface area contributed by atoms with Crippen molar-refractivity contribution in [2.45, 2.75) is 14.7 Å². The molecule has 4 bridgehead atoms. The molecule has 0 saturated heterocycles. The summed E-state index contributed by atoms with van der Waals surface area (Å²) in [7, 11) is -2.42. The zero-order valence-corrected chi connectivity index (χ0v) is 15.1. The van der Waals surface area contributed by atoms with E-state index in [-0.39, 0.29) is 14.7 Å². The average molecular weight is 391 g/mol. The maximum atomic E-state index is 13.0. The Morgan fingerprint density at radius 1 is 0.600 bits per heavy atom. The highest BCUT2D eigenvalue weighted by molar-refractivity contribution is 8.13. The fourth-order valence-electron chi connectivity index (χ4n) is 2.92. The van der Waals surface area contributed by atoms with Gasteiger partial charge in [-0.1, -0.05) is 30.3 Å². The van der Waals surface area contributed by atoms with Crippen molar-refractivity contribution in [1.29, 1.82) is 0 Å². The molecule has 0 heterocycles. The molecular formula is C18H11ClO4S2. The molecule has 0 aliphatic heterocycles. The van der Waals surface area contributed by atoms with Crippen molar-refractivity contribution in [3.05, 3.63) is 66.7 Å². The largest absolute Gasteiger partial charge is 0.261 e. The maximum Gasteiger partial charge on any atom is 0.261 e. The summed E-state index contributed by atoms with van der Waals surface area (Å²) in [6, 6.07) is 17.8. The van der Waals surface area contributed by atoms with Crippen LogP contribution in [0, 0.1) is 0 Å². The molecule has 0 radical (unpaired) electrons. The van der Waals surface area contributed by atoms with Crippen LogP contribution in [0.4, 0.5) is 0 Å². The summed E-state index contributed by atoms with van der Waals surface area (Å²) < 4.78 is 48.8. The third-order valence-electron chi connectivity index (χ3n) is 4.21. The van der Waals surface area contributed by atoms with E-state index in [0.717, 1.165) is 16.7 Å². The van der Waals surface area contributed by atoms with Gasteiger partial charge in [0.2, 0.25) is 9.84 Å². The lowest BCUT2D eigenvalue weighted by Crippen LogP contribution is -2.04. The Morgan fingerprint density at radius 3 is 1.72 bits per heavy atom. The van der Waals surface area contributed by atoms with Crippen molar-refractivity contribution in [2.24, 2.45) is 0 Å². The first-order valence-corrected chi connectivity index (χ1v) is 11.1. The van der Waals surface area contributed by atoms with Crippen molar-refractivity contribution < 1.29 is 16.8 Å². The van der Waals surface area contributed by atoms with E-state index in [4.69, 9.17) is 10.7 Å². The summed E-state index contributed by atoms with van der Waals surface area (Å²) in [5.41, 5.74) is 3.44. The quantitative estimate of drug-likeness (QED) is 0.494. The molecule has 25 heavy (non-hydrogen) atoms. The summed E-state index contributed by atoms with van der Waals surface area (Å²) in [4.78, 5) is 0.0580. The second-order valence-corrected chi connectivity index (χ2v) is 10.2. The first-order valence-electron chi connectivity index (χ1n) is 7.31. The Morgan fingerprint density at radius 2 is 1.12 bits per heavy atom. The monoisotopic (exact) mass is 390 g/mol. The van der Waals surface area contributed by atoms with Crippen molar-refractivity contribution in [3.8, 4) is 22.3 Å². The van der Waals surface area contributed by atoms with Crippen LogP contribution in [0.15, 0.2) is 81.4 Å². The van der Waals surface area contributed by atoms with Gasteiger partial charge in [-0.05, 0) is 53.1 Å². The molecule has 0 atom stereocenters. The fraction of sp³-hybridized carbons (Fsp3) is 0. The van der Waals surface area contributed by atoms with Crippen LogP contribution in [-0.4, -0.2) is 16.8 Å². The molecule has 5 rings (SSSR count). The molecule has 0 aromatic heterocycles. The van der Waals surface area contributed by atoms with Gasteiger partial charge in [-0.25, -0.2) is 16.8 Å². The lowest BCUT2D eigenvalue weighted by Gasteiger charge is -2.10. The van der Waals surface area contributed by atoms with Gasteiger partial charge in [0.25, 0.3) is 9.05 Å². The van der Waals surface area contributed by atoms with Crippen molar-refractivity contribution in [3.63, 3.8) is 0 Å². The molecule has 0 N–H and O–H groups in total. The number of halogens is 1. The zero-order valence-electron chi connectivity index (χ0n) is 12.7. The maximum absolute atomic E-state index is 13.0. The molecule has 0 spiro atoms. The molecule has 126 valence electrons. The Hall–Kier alpha value is -2.15. The molecule has 0 saturated carbocycles. The van der Waals surface area contributed by atoms with Crippen LogP contribution in [0.5, 0.6) is 0 Å². The third-order valence-corrected chi connectivity index (χ3v) is 7.41. The van der Waals surface area contributed by atoms with Crippen LogP contribution in [0.2, 0.25) is 0 Å². The normalized spacial score (nSPS) is 12.8. The molecule has 3 aromatic rings. The topological polar surface area (TPSA) is 68.3 Å². The molecule has 2 aliphatic rings. The van der Waals surface area contributed by atoms with E-state index in [1.807, 2.05) is 30.3 Å². The summed E-state index contributed by atoms with van der Waals surface area (Å²) in [5.74, 6) is 0. The van der Waals surface area contributed by atoms with Gasteiger partial charge in [-0.3, -0.25) is 0 Å². The van der Waals surface area contributed by atoms with E-state index >= 15 is 0 Å². The zero-order chi connectivity index (χ0) is 17.8. The second-order valence-electron chi connectivity index (χ2n) is 5.70. The summed E-state index contributed by atoms with van der Waals surface area (Å²) in [5, 5.41) is 0. The van der Waals surface area contributed by atoms with Gasteiger partial charge in [-0.2, -0.15) is 0 Å². The van der Waals surface area contributed by atoms with E-state index in [1.54, 1.807) is 12.1 Å². The number of hydrogen-bond acceptors (Lipinski definition) is 4. The molecule has 2 aliphatic carbocycles. The van der Waals surface area contributed by atoms with Crippen LogP contribution < -0.4 is 0 Å². The molecule has 7 heteroatoms. The predicted molar refractivity (Wildman–Crippen MR) is 95.8 cm³/mol. The molecule has 4 nitrogen and oxygen atoms in total. The predicted octanol–water partition coefficient (Wildman–Crippen LogP) is 4.09. The van der Waals surface area contributed by atoms with Gasteiger partial charge >= 0.3 is 0 Å². The highest BCUT2D eigenvalue weighted by Gasteiger charge is 2.24. The lowest BCUT2D eigenvalue weighted by atomic mass is 10.1. The molecule has 0 unspecified atom stereocenters. The average Bonchev–Trinajstić information content (AvgIpc) is 2.80. The molecule has 3 aromatic carbocycles. The number of benzene rings is 3. The van der Waals surface area contributed by atoms with Crippen LogP contribution in [0.25, 0.3) is 22.3 Å².